The van der Waals surface area contributed by atoms with Crippen LogP contribution in [0.25, 0.3) is 0 Å². The first kappa shape index (κ1) is 17.3. The van der Waals surface area contributed by atoms with Gasteiger partial charge in [-0.05, 0) is 38.0 Å². The topological polar surface area (TPSA) is 63.2 Å². The van der Waals surface area contributed by atoms with Crippen molar-refractivity contribution in [3.8, 4) is 11.5 Å². The fourth-order valence-corrected chi connectivity index (χ4v) is 1.80. The molecule has 0 fully saturated rings. The molecule has 0 saturated carbocycles. The molecule has 0 aliphatic rings. The minimum absolute atomic E-state index is 0.0466. The SMILES string of the molecule is CCOC(=O)c1cc(OCOC)c(C)c(C)c1OCOC. The normalized spacial score (nSPS) is 10.3. The molecule has 1 aromatic rings. The summed E-state index contributed by atoms with van der Waals surface area (Å²) in [6.07, 6.45) is 0. The van der Waals surface area contributed by atoms with Gasteiger partial charge in [0.15, 0.2) is 13.6 Å². The van der Waals surface area contributed by atoms with E-state index in [1.54, 1.807) is 13.0 Å². The van der Waals surface area contributed by atoms with E-state index in [4.69, 9.17) is 23.7 Å². The van der Waals surface area contributed by atoms with Gasteiger partial charge in [-0.3, -0.25) is 0 Å². The molecule has 0 heterocycles. The maximum atomic E-state index is 12.1. The number of benzene rings is 1. The Labute approximate surface area is 124 Å². The number of hydrogen-bond donors (Lipinski definition) is 0. The quantitative estimate of drug-likeness (QED) is 0.542. The molecule has 6 nitrogen and oxygen atoms in total. The summed E-state index contributed by atoms with van der Waals surface area (Å²) in [6.45, 7) is 5.91. The van der Waals surface area contributed by atoms with Crippen LogP contribution in [-0.2, 0) is 14.2 Å². The Morgan fingerprint density at radius 1 is 1.05 bits per heavy atom. The Kier molecular flexibility index (Phi) is 6.98. The molecule has 0 amide bonds. The van der Waals surface area contributed by atoms with Crippen LogP contribution in [0.2, 0.25) is 0 Å². The highest BCUT2D eigenvalue weighted by atomic mass is 16.7. The van der Waals surface area contributed by atoms with E-state index in [0.29, 0.717) is 17.1 Å². The second-order valence-corrected chi connectivity index (χ2v) is 4.32. The zero-order valence-corrected chi connectivity index (χ0v) is 13.1. The van der Waals surface area contributed by atoms with E-state index in [-0.39, 0.29) is 20.2 Å². The smallest absolute Gasteiger partial charge is 0.342 e. The third-order valence-corrected chi connectivity index (χ3v) is 2.94. The van der Waals surface area contributed by atoms with E-state index in [1.807, 2.05) is 13.8 Å². The molecule has 0 N–H and O–H groups in total. The number of rotatable bonds is 8. The monoisotopic (exact) mass is 298 g/mol. The zero-order valence-electron chi connectivity index (χ0n) is 13.1. The van der Waals surface area contributed by atoms with Crippen LogP contribution in [0.4, 0.5) is 0 Å². The molecule has 0 bridgehead atoms. The lowest BCUT2D eigenvalue weighted by Gasteiger charge is -2.18. The summed E-state index contributed by atoms with van der Waals surface area (Å²) in [4.78, 5) is 12.1. The summed E-state index contributed by atoms with van der Waals surface area (Å²) in [5.41, 5.74) is 1.97. The van der Waals surface area contributed by atoms with Gasteiger partial charge in [0.1, 0.15) is 17.1 Å². The maximum Gasteiger partial charge on any atom is 0.342 e. The first-order valence-corrected chi connectivity index (χ1v) is 6.61. The van der Waals surface area contributed by atoms with Crippen molar-refractivity contribution in [1.82, 2.24) is 0 Å². The van der Waals surface area contributed by atoms with Crippen LogP contribution in [0.1, 0.15) is 28.4 Å². The number of ether oxygens (including phenoxy) is 5. The highest BCUT2D eigenvalue weighted by molar-refractivity contribution is 5.94. The predicted octanol–water partition coefficient (Wildman–Crippen LogP) is 2.45. The lowest BCUT2D eigenvalue weighted by molar-refractivity contribution is 0.0415. The minimum atomic E-state index is -0.464. The minimum Gasteiger partial charge on any atom is -0.467 e. The van der Waals surface area contributed by atoms with Gasteiger partial charge < -0.3 is 23.7 Å². The molecule has 1 rings (SSSR count). The lowest BCUT2D eigenvalue weighted by atomic mass is 10.0. The second-order valence-electron chi connectivity index (χ2n) is 4.32. The van der Waals surface area contributed by atoms with Crippen molar-refractivity contribution < 1.29 is 28.5 Å². The van der Waals surface area contributed by atoms with Gasteiger partial charge >= 0.3 is 5.97 Å². The molecule has 6 heteroatoms. The van der Waals surface area contributed by atoms with Crippen molar-refractivity contribution in [1.29, 1.82) is 0 Å². The van der Waals surface area contributed by atoms with Crippen LogP contribution < -0.4 is 9.47 Å². The number of esters is 1. The standard InChI is InChI=1S/C15H22O6/c1-6-19-15(16)12-7-13(20-8-17-4)10(2)11(3)14(12)21-9-18-5/h7H,6,8-9H2,1-5H3. The van der Waals surface area contributed by atoms with Crippen molar-refractivity contribution in [3.63, 3.8) is 0 Å². The van der Waals surface area contributed by atoms with Gasteiger partial charge in [0, 0.05) is 14.2 Å². The van der Waals surface area contributed by atoms with E-state index in [9.17, 15) is 4.79 Å². The van der Waals surface area contributed by atoms with Gasteiger partial charge in [-0.2, -0.15) is 0 Å². The molecule has 0 radical (unpaired) electrons. The number of hydrogen-bond acceptors (Lipinski definition) is 6. The predicted molar refractivity (Wildman–Crippen MR) is 76.9 cm³/mol. The van der Waals surface area contributed by atoms with Crippen LogP contribution >= 0.6 is 0 Å². The number of carbonyl (C=O) groups is 1. The van der Waals surface area contributed by atoms with Crippen LogP contribution in [0.5, 0.6) is 11.5 Å². The lowest BCUT2D eigenvalue weighted by Crippen LogP contribution is -2.12. The molecule has 0 unspecified atom stereocenters. The number of carbonyl (C=O) groups excluding carboxylic acids is 1. The fourth-order valence-electron chi connectivity index (χ4n) is 1.80. The average molecular weight is 298 g/mol. The zero-order chi connectivity index (χ0) is 15.8. The molecule has 0 aliphatic carbocycles. The highest BCUT2D eigenvalue weighted by Crippen LogP contribution is 2.34. The Bertz CT molecular complexity index is 484. The van der Waals surface area contributed by atoms with Gasteiger partial charge in [0.2, 0.25) is 0 Å². The second kappa shape index (κ2) is 8.49. The Hall–Kier alpha value is -1.79. The molecule has 0 atom stereocenters. The van der Waals surface area contributed by atoms with Crippen molar-refractivity contribution in [3.05, 3.63) is 22.8 Å². The third-order valence-electron chi connectivity index (χ3n) is 2.94. The van der Waals surface area contributed by atoms with Crippen molar-refractivity contribution in [2.24, 2.45) is 0 Å². The molecule has 0 aromatic heterocycles. The molecular formula is C15H22O6. The van der Waals surface area contributed by atoms with Crippen molar-refractivity contribution in [2.75, 3.05) is 34.4 Å². The Morgan fingerprint density at radius 3 is 2.24 bits per heavy atom. The van der Waals surface area contributed by atoms with E-state index in [1.165, 1.54) is 14.2 Å². The van der Waals surface area contributed by atoms with Gasteiger partial charge in [-0.1, -0.05) is 0 Å². The van der Waals surface area contributed by atoms with Crippen LogP contribution in [0.3, 0.4) is 0 Å². The maximum absolute atomic E-state index is 12.1. The summed E-state index contributed by atoms with van der Waals surface area (Å²) in [5, 5.41) is 0. The van der Waals surface area contributed by atoms with E-state index in [2.05, 4.69) is 0 Å². The first-order chi connectivity index (χ1) is 10.1. The molecule has 0 spiro atoms. The first-order valence-electron chi connectivity index (χ1n) is 6.61. The third kappa shape index (κ3) is 4.34. The van der Waals surface area contributed by atoms with E-state index in [0.717, 1.165) is 11.1 Å². The summed E-state index contributed by atoms with van der Waals surface area (Å²) in [7, 11) is 3.05. The summed E-state index contributed by atoms with van der Waals surface area (Å²) < 4.78 is 25.8. The molecular weight excluding hydrogens is 276 g/mol. The van der Waals surface area contributed by atoms with Crippen LogP contribution in [-0.4, -0.2) is 40.4 Å². The van der Waals surface area contributed by atoms with Crippen molar-refractivity contribution in [2.45, 2.75) is 20.8 Å². The average Bonchev–Trinajstić information content (AvgIpc) is 2.47. The van der Waals surface area contributed by atoms with Crippen LogP contribution in [0, 0.1) is 13.8 Å². The molecule has 1 aromatic carbocycles. The van der Waals surface area contributed by atoms with E-state index < -0.39 is 5.97 Å². The van der Waals surface area contributed by atoms with Crippen LogP contribution in [0.15, 0.2) is 6.07 Å². The Morgan fingerprint density at radius 2 is 1.67 bits per heavy atom. The summed E-state index contributed by atoms with van der Waals surface area (Å²) in [6, 6.07) is 1.60. The number of methoxy groups -OCH3 is 2. The Balaban J connectivity index is 3.26. The molecule has 118 valence electrons. The largest absolute Gasteiger partial charge is 0.467 e. The molecule has 21 heavy (non-hydrogen) atoms. The van der Waals surface area contributed by atoms with Gasteiger partial charge in [0.25, 0.3) is 0 Å². The van der Waals surface area contributed by atoms with Crippen molar-refractivity contribution >= 4 is 5.97 Å². The fraction of sp³-hybridized carbons (Fsp3) is 0.533. The molecule has 0 saturated heterocycles. The van der Waals surface area contributed by atoms with E-state index >= 15 is 0 Å². The molecule has 0 aliphatic heterocycles. The summed E-state index contributed by atoms with van der Waals surface area (Å²) >= 11 is 0. The van der Waals surface area contributed by atoms with Gasteiger partial charge in [-0.25, -0.2) is 4.79 Å². The van der Waals surface area contributed by atoms with Gasteiger partial charge in [-0.15, -0.1) is 0 Å². The summed E-state index contributed by atoms with van der Waals surface area (Å²) in [5.74, 6) is 0.536. The highest BCUT2D eigenvalue weighted by Gasteiger charge is 2.21. The van der Waals surface area contributed by atoms with Gasteiger partial charge in [0.05, 0.1) is 6.61 Å².